The second kappa shape index (κ2) is 9.91. The predicted molar refractivity (Wildman–Crippen MR) is 122 cm³/mol. The maximum atomic E-state index is 12.8. The average molecular weight is 464 g/mol. The van der Waals surface area contributed by atoms with Crippen LogP contribution in [-0.2, 0) is 9.36 Å². The summed E-state index contributed by atoms with van der Waals surface area (Å²) < 4.78 is 12.5. The molecule has 2 aromatic carbocycles. The summed E-state index contributed by atoms with van der Waals surface area (Å²) in [6, 6.07) is 11.6. The number of urea groups is 1. The molecule has 2 unspecified atom stereocenters. The number of halogens is 1. The number of hydrogen-bond acceptors (Lipinski definition) is 4. The second-order valence-corrected chi connectivity index (χ2v) is 8.94. The molecule has 0 aliphatic heterocycles. The van der Waals surface area contributed by atoms with Gasteiger partial charge < -0.3 is 21.3 Å². The molecule has 0 saturated heterocycles. The number of anilines is 1. The lowest BCUT2D eigenvalue weighted by atomic mass is 9.99. The number of nitrogens with one attached hydrogen (secondary N) is 2. The molecule has 0 saturated carbocycles. The summed E-state index contributed by atoms with van der Waals surface area (Å²) >= 11 is 7.53. The molecular formula is C20H19ClN3O4PS. The Morgan fingerprint density at radius 2 is 2.03 bits per heavy atom. The first-order valence-corrected chi connectivity index (χ1v) is 11.7. The minimum Gasteiger partial charge on any atom is -0.351 e. The fourth-order valence-corrected chi connectivity index (χ4v) is 4.93. The lowest BCUT2D eigenvalue weighted by Crippen LogP contribution is -2.26. The number of fused-ring (bicyclic) bond motifs is 1. The maximum Gasteiger partial charge on any atom is 0.316 e. The van der Waals surface area contributed by atoms with Crippen LogP contribution in [0.15, 0.2) is 54.0 Å². The van der Waals surface area contributed by atoms with Gasteiger partial charge in [-0.2, -0.15) is 0 Å². The summed E-state index contributed by atoms with van der Waals surface area (Å²) in [7, 11) is -2.90. The van der Waals surface area contributed by atoms with E-state index in [1.807, 2.05) is 11.4 Å². The minimum absolute atomic E-state index is 0.178. The summed E-state index contributed by atoms with van der Waals surface area (Å²) in [4.78, 5) is 33.5. The summed E-state index contributed by atoms with van der Waals surface area (Å²) in [6.45, 7) is 0. The lowest BCUT2D eigenvalue weighted by Gasteiger charge is -2.14. The summed E-state index contributed by atoms with van der Waals surface area (Å²) in [6.07, 6.45) is 2.85. The highest BCUT2D eigenvalue weighted by Crippen LogP contribution is 2.36. The van der Waals surface area contributed by atoms with Crippen molar-refractivity contribution >= 4 is 64.8 Å². The van der Waals surface area contributed by atoms with Gasteiger partial charge in [0.2, 0.25) is 5.91 Å². The number of carbonyl (C=O) groups is 2. The van der Waals surface area contributed by atoms with Gasteiger partial charge in [-0.25, -0.2) is 4.79 Å². The number of benzene rings is 2. The third kappa shape index (κ3) is 5.49. The van der Waals surface area contributed by atoms with Crippen molar-refractivity contribution < 1.29 is 19.0 Å². The topological polar surface area (TPSA) is 122 Å². The molecule has 0 aliphatic carbocycles. The molecule has 30 heavy (non-hydrogen) atoms. The number of nitrogens with two attached hydrogens (primary N) is 1. The van der Waals surface area contributed by atoms with Crippen molar-refractivity contribution in [3.05, 3.63) is 70.2 Å². The van der Waals surface area contributed by atoms with E-state index in [1.54, 1.807) is 42.5 Å². The Labute approximate surface area is 182 Å². The van der Waals surface area contributed by atoms with Crippen molar-refractivity contribution in [2.45, 2.75) is 5.92 Å². The molecule has 0 aliphatic rings. The molecule has 3 aromatic rings. The molecular weight excluding hydrogens is 445 g/mol. The molecule has 7 nitrogen and oxygen atoms in total. The van der Waals surface area contributed by atoms with Crippen LogP contribution in [0, 0.1) is 0 Å². The number of para-hydroxylation sites is 1. The Balaban J connectivity index is 1.83. The van der Waals surface area contributed by atoms with Gasteiger partial charge in [0.15, 0.2) is 8.03 Å². The summed E-state index contributed by atoms with van der Waals surface area (Å²) in [5, 5.41) is 8.28. The first-order valence-electron chi connectivity index (χ1n) is 8.86. The van der Waals surface area contributed by atoms with E-state index in [1.165, 1.54) is 17.5 Å². The SMILES string of the molecule is NC(=O)Nc1ccccc1/C=C/NC(=O)C(C[PH](=O)O)c1csc2ccc(Cl)cc12. The molecule has 3 rings (SSSR count). The Bertz CT molecular complexity index is 1150. The zero-order chi connectivity index (χ0) is 21.7. The second-order valence-electron chi connectivity index (χ2n) is 6.40. The Morgan fingerprint density at radius 1 is 1.27 bits per heavy atom. The van der Waals surface area contributed by atoms with Crippen LogP contribution in [0.3, 0.4) is 0 Å². The van der Waals surface area contributed by atoms with Crippen LogP contribution in [0.5, 0.6) is 0 Å². The van der Waals surface area contributed by atoms with E-state index in [0.29, 0.717) is 21.8 Å². The van der Waals surface area contributed by atoms with Crippen molar-refractivity contribution in [3.8, 4) is 0 Å². The van der Waals surface area contributed by atoms with Crippen LogP contribution in [0.25, 0.3) is 16.2 Å². The number of rotatable bonds is 7. The first-order chi connectivity index (χ1) is 14.3. The monoisotopic (exact) mass is 463 g/mol. The normalized spacial score (nSPS) is 13.3. The Kier molecular flexibility index (Phi) is 7.29. The number of hydrogen-bond donors (Lipinski definition) is 4. The summed E-state index contributed by atoms with van der Waals surface area (Å²) in [5.74, 6) is -1.23. The van der Waals surface area contributed by atoms with Gasteiger partial charge in [0, 0.05) is 27.8 Å². The van der Waals surface area contributed by atoms with Crippen LogP contribution in [0.2, 0.25) is 5.02 Å². The van der Waals surface area contributed by atoms with Crippen LogP contribution in [0.4, 0.5) is 10.5 Å². The van der Waals surface area contributed by atoms with E-state index in [4.69, 9.17) is 17.3 Å². The summed E-state index contributed by atoms with van der Waals surface area (Å²) in [5.41, 5.74) is 6.95. The van der Waals surface area contributed by atoms with E-state index >= 15 is 0 Å². The van der Waals surface area contributed by atoms with E-state index in [9.17, 15) is 19.0 Å². The van der Waals surface area contributed by atoms with Crippen LogP contribution in [-0.4, -0.2) is 23.0 Å². The van der Waals surface area contributed by atoms with Gasteiger partial charge in [-0.1, -0.05) is 29.8 Å². The van der Waals surface area contributed by atoms with E-state index in [2.05, 4.69) is 10.6 Å². The van der Waals surface area contributed by atoms with Crippen molar-refractivity contribution in [1.82, 2.24) is 5.32 Å². The van der Waals surface area contributed by atoms with Gasteiger partial charge in [-0.05, 0) is 52.2 Å². The van der Waals surface area contributed by atoms with Gasteiger partial charge in [0.05, 0.1) is 5.92 Å². The van der Waals surface area contributed by atoms with Gasteiger partial charge in [-0.15, -0.1) is 11.3 Å². The number of amides is 3. The molecule has 5 N–H and O–H groups in total. The van der Waals surface area contributed by atoms with Crippen molar-refractivity contribution in [3.63, 3.8) is 0 Å². The van der Waals surface area contributed by atoms with E-state index < -0.39 is 25.9 Å². The van der Waals surface area contributed by atoms with Crippen LogP contribution in [0.1, 0.15) is 17.0 Å². The van der Waals surface area contributed by atoms with Gasteiger partial charge in [0.1, 0.15) is 0 Å². The fraction of sp³-hybridized carbons (Fsp3) is 0.100. The lowest BCUT2D eigenvalue weighted by molar-refractivity contribution is -0.121. The van der Waals surface area contributed by atoms with Crippen LogP contribution < -0.4 is 16.4 Å². The molecule has 0 fully saturated rings. The van der Waals surface area contributed by atoms with Gasteiger partial charge in [-0.3, -0.25) is 9.36 Å². The van der Waals surface area contributed by atoms with E-state index in [0.717, 1.165) is 10.1 Å². The molecule has 10 heteroatoms. The predicted octanol–water partition coefficient (Wildman–Crippen LogP) is 4.38. The van der Waals surface area contributed by atoms with E-state index in [-0.39, 0.29) is 6.16 Å². The highest BCUT2D eigenvalue weighted by Gasteiger charge is 2.25. The highest BCUT2D eigenvalue weighted by molar-refractivity contribution is 7.38. The van der Waals surface area contributed by atoms with Crippen molar-refractivity contribution in [2.75, 3.05) is 11.5 Å². The molecule has 0 radical (unpaired) electrons. The van der Waals surface area contributed by atoms with Gasteiger partial charge >= 0.3 is 6.03 Å². The quantitative estimate of drug-likeness (QED) is 0.388. The number of thiophene rings is 1. The van der Waals surface area contributed by atoms with Gasteiger partial charge in [0.25, 0.3) is 0 Å². The third-order valence-electron chi connectivity index (χ3n) is 4.34. The zero-order valence-corrected chi connectivity index (χ0v) is 18.2. The standard InChI is InChI=1S/C20H19ClN3O4PS/c21-13-5-6-18-14(9-13)16(11-30-18)15(10-29(27)28)19(25)23-8-7-12-3-1-2-4-17(12)24-20(22)26/h1-9,11,15,29H,10H2,(H,23,25)(H,27,28)(H3,22,24,26)/b8-7+. The number of carbonyl (C=O) groups excluding carboxylic acids is 2. The fourth-order valence-electron chi connectivity index (χ4n) is 3.01. The molecule has 156 valence electrons. The Morgan fingerprint density at radius 3 is 2.77 bits per heavy atom. The third-order valence-corrected chi connectivity index (χ3v) is 6.32. The molecule has 3 amide bonds. The van der Waals surface area contributed by atoms with Crippen molar-refractivity contribution in [2.24, 2.45) is 5.73 Å². The average Bonchev–Trinajstić information content (AvgIpc) is 3.09. The van der Waals surface area contributed by atoms with Crippen LogP contribution >= 0.6 is 31.0 Å². The molecule has 0 spiro atoms. The largest absolute Gasteiger partial charge is 0.351 e. The molecule has 1 heterocycles. The maximum absolute atomic E-state index is 12.8. The molecule has 2 atom stereocenters. The smallest absolute Gasteiger partial charge is 0.316 e. The molecule has 0 bridgehead atoms. The minimum atomic E-state index is -2.90. The zero-order valence-electron chi connectivity index (χ0n) is 15.6. The Hall–Kier alpha value is -2.64. The number of primary amides is 1. The van der Waals surface area contributed by atoms with Crippen molar-refractivity contribution in [1.29, 1.82) is 0 Å². The molecule has 1 aromatic heterocycles. The highest BCUT2D eigenvalue weighted by atomic mass is 35.5. The first kappa shape index (κ1) is 22.1.